The first-order chi connectivity index (χ1) is 7.79. The lowest BCUT2D eigenvalue weighted by Crippen LogP contribution is -2.49. The molecule has 0 spiro atoms. The Morgan fingerprint density at radius 3 is 2.29 bits per heavy atom. The van der Waals surface area contributed by atoms with Gasteiger partial charge in [-0.15, -0.1) is 0 Å². The van der Waals surface area contributed by atoms with Gasteiger partial charge in [0, 0.05) is 0 Å². The Balaban J connectivity index is 2.33. The van der Waals surface area contributed by atoms with E-state index in [-0.39, 0.29) is 0 Å². The molecule has 0 aromatic carbocycles. The van der Waals surface area contributed by atoms with Gasteiger partial charge in [0.25, 0.3) is 0 Å². The Hall–Kier alpha value is 0.0649. The molecule has 5 unspecified atom stereocenters. The lowest BCUT2D eigenvalue weighted by molar-refractivity contribution is -0.00672. The van der Waals surface area contributed by atoms with E-state index in [0.717, 1.165) is 23.7 Å². The van der Waals surface area contributed by atoms with Crippen LogP contribution in [-0.2, 0) is 0 Å². The predicted octanol–water partition coefficient (Wildman–Crippen LogP) is 4.31. The third kappa shape index (κ3) is 2.08. The molecule has 98 valence electrons. The summed E-state index contributed by atoms with van der Waals surface area (Å²) in [4.78, 5) is 0. The molecule has 5 atom stereocenters. The van der Waals surface area contributed by atoms with Gasteiger partial charge >= 0.3 is 0 Å². The molecule has 1 heteroatoms. The van der Waals surface area contributed by atoms with Crippen LogP contribution in [0.3, 0.4) is 0 Å². The molecule has 2 aliphatic carbocycles. The minimum Gasteiger partial charge on any atom is -0.0651 e. The zero-order chi connectivity index (χ0) is 12.8. The molecule has 0 radical (unpaired) electrons. The van der Waals surface area contributed by atoms with E-state index < -0.39 is 0 Å². The molecule has 2 saturated carbocycles. The fourth-order valence-electron chi connectivity index (χ4n) is 5.22. The summed E-state index contributed by atoms with van der Waals surface area (Å²) in [7, 11) is 2.61. The zero-order valence-electron chi connectivity index (χ0n) is 12.8. The maximum atomic E-state index is 2.61. The van der Waals surface area contributed by atoms with E-state index in [4.69, 9.17) is 0 Å². The van der Waals surface area contributed by atoms with E-state index in [0.29, 0.717) is 10.7 Å². The van der Waals surface area contributed by atoms with Crippen molar-refractivity contribution in [2.24, 2.45) is 29.1 Å². The van der Waals surface area contributed by atoms with Crippen molar-refractivity contribution in [1.82, 2.24) is 0 Å². The second-order valence-electron chi connectivity index (χ2n) is 8.25. The van der Waals surface area contributed by atoms with Crippen molar-refractivity contribution < 1.29 is 0 Å². The fraction of sp³-hybridized carbons (Fsp3) is 1.00. The van der Waals surface area contributed by atoms with Gasteiger partial charge in [-0.05, 0) is 60.1 Å². The number of fused-ring (bicyclic) bond motifs is 2. The monoisotopic (exact) mass is 234 g/mol. The van der Waals surface area contributed by atoms with Gasteiger partial charge in [-0.2, -0.15) is 0 Å². The van der Waals surface area contributed by atoms with Crippen LogP contribution in [0.5, 0.6) is 0 Å². The molecule has 0 aliphatic heterocycles. The first-order valence-electron chi connectivity index (χ1n) is 7.79. The summed E-state index contributed by atoms with van der Waals surface area (Å²) in [5, 5.41) is 0.562. The summed E-state index contributed by atoms with van der Waals surface area (Å²) in [6.45, 7) is 12.3. The molecule has 2 rings (SSSR count). The van der Waals surface area contributed by atoms with E-state index in [1.165, 1.54) is 32.1 Å². The standard InChI is InChI=1S/C16H31B/c1-6-13-9-12-7-11(2)8-14(10-12)16(13,17)15(3,4)5/h11-14H,6-10,17H2,1-5H3. The van der Waals surface area contributed by atoms with Crippen molar-refractivity contribution in [1.29, 1.82) is 0 Å². The van der Waals surface area contributed by atoms with Gasteiger partial charge < -0.3 is 0 Å². The third-order valence-corrected chi connectivity index (χ3v) is 6.46. The maximum Gasteiger partial charge on any atom is 0.110 e. The van der Waals surface area contributed by atoms with Gasteiger partial charge in [-0.25, -0.2) is 0 Å². The van der Waals surface area contributed by atoms with Crippen LogP contribution < -0.4 is 0 Å². The topological polar surface area (TPSA) is 0 Å². The van der Waals surface area contributed by atoms with Crippen molar-refractivity contribution in [2.45, 2.75) is 72.0 Å². The number of rotatable bonds is 1. The lowest BCUT2D eigenvalue weighted by Gasteiger charge is -2.60. The van der Waals surface area contributed by atoms with E-state index in [2.05, 4.69) is 42.5 Å². The fourth-order valence-corrected chi connectivity index (χ4v) is 5.22. The van der Waals surface area contributed by atoms with Crippen LogP contribution in [0.2, 0.25) is 5.31 Å². The molecular formula is C16H31B. The first-order valence-corrected chi connectivity index (χ1v) is 7.79. The minimum atomic E-state index is 0.459. The highest BCUT2D eigenvalue weighted by Crippen LogP contribution is 2.65. The van der Waals surface area contributed by atoms with Crippen LogP contribution in [0, 0.1) is 29.1 Å². The van der Waals surface area contributed by atoms with Gasteiger partial charge in [-0.3, -0.25) is 0 Å². The molecule has 0 aromatic heterocycles. The van der Waals surface area contributed by atoms with Crippen LogP contribution in [0.15, 0.2) is 0 Å². The van der Waals surface area contributed by atoms with Crippen molar-refractivity contribution in [3.8, 4) is 0 Å². The summed E-state index contributed by atoms with van der Waals surface area (Å²) < 4.78 is 0. The second kappa shape index (κ2) is 4.32. The molecule has 0 nitrogen and oxygen atoms in total. The summed E-state index contributed by atoms with van der Waals surface area (Å²) >= 11 is 0. The summed E-state index contributed by atoms with van der Waals surface area (Å²) in [6.07, 6.45) is 7.41. The van der Waals surface area contributed by atoms with Gasteiger partial charge in [-0.1, -0.05) is 41.0 Å². The normalized spacial score (nSPS) is 46.9. The molecule has 2 aliphatic rings. The third-order valence-electron chi connectivity index (χ3n) is 6.46. The van der Waals surface area contributed by atoms with Crippen LogP contribution in [0.1, 0.15) is 66.7 Å². The van der Waals surface area contributed by atoms with Crippen LogP contribution >= 0.6 is 0 Å². The molecule has 0 N–H and O–H groups in total. The summed E-state index contributed by atoms with van der Waals surface area (Å²) in [6, 6.07) is 0. The molecule has 0 saturated heterocycles. The van der Waals surface area contributed by atoms with E-state index >= 15 is 0 Å². The highest BCUT2D eigenvalue weighted by Gasteiger charge is 2.53. The maximum absolute atomic E-state index is 2.61. The zero-order valence-corrected chi connectivity index (χ0v) is 12.8. The van der Waals surface area contributed by atoms with Gasteiger partial charge in [0.1, 0.15) is 7.85 Å². The summed E-state index contributed by atoms with van der Waals surface area (Å²) in [5.41, 5.74) is 0.459. The van der Waals surface area contributed by atoms with Crippen molar-refractivity contribution in [3.05, 3.63) is 0 Å². The van der Waals surface area contributed by atoms with E-state index in [1.54, 1.807) is 0 Å². The molecule has 2 fully saturated rings. The highest BCUT2D eigenvalue weighted by molar-refractivity contribution is 6.16. The van der Waals surface area contributed by atoms with Crippen molar-refractivity contribution in [3.63, 3.8) is 0 Å². The SMILES string of the molecule is BC1(C(C)(C)C)C(CC)CC2CC(C)CC1C2. The summed E-state index contributed by atoms with van der Waals surface area (Å²) in [5.74, 6) is 3.95. The Bertz CT molecular complexity index is 276. The first kappa shape index (κ1) is 13.5. The molecular weight excluding hydrogens is 203 g/mol. The number of hydrogen-bond acceptors (Lipinski definition) is 0. The smallest absolute Gasteiger partial charge is 0.0651 e. The highest BCUT2D eigenvalue weighted by atomic mass is 14.6. The average molecular weight is 234 g/mol. The Morgan fingerprint density at radius 2 is 1.76 bits per heavy atom. The van der Waals surface area contributed by atoms with Crippen LogP contribution in [0.4, 0.5) is 0 Å². The Kier molecular flexibility index (Phi) is 3.43. The van der Waals surface area contributed by atoms with Crippen LogP contribution in [-0.4, -0.2) is 7.85 Å². The lowest BCUT2D eigenvalue weighted by atomic mass is 9.37. The molecule has 0 heterocycles. The largest absolute Gasteiger partial charge is 0.110 e. The molecule has 0 aromatic rings. The molecule has 0 amide bonds. The molecule has 17 heavy (non-hydrogen) atoms. The van der Waals surface area contributed by atoms with Crippen LogP contribution in [0.25, 0.3) is 0 Å². The van der Waals surface area contributed by atoms with Gasteiger partial charge in [0.05, 0.1) is 0 Å². The quantitative estimate of drug-likeness (QED) is 0.593. The average Bonchev–Trinajstić information content (AvgIpc) is 2.21. The van der Waals surface area contributed by atoms with E-state index in [9.17, 15) is 0 Å². The van der Waals surface area contributed by atoms with E-state index in [1.807, 2.05) is 0 Å². The van der Waals surface area contributed by atoms with Crippen molar-refractivity contribution >= 4 is 7.85 Å². The van der Waals surface area contributed by atoms with Crippen molar-refractivity contribution in [2.75, 3.05) is 0 Å². The van der Waals surface area contributed by atoms with Gasteiger partial charge in [0.15, 0.2) is 0 Å². The second-order valence-corrected chi connectivity index (χ2v) is 8.25. The van der Waals surface area contributed by atoms with Gasteiger partial charge in [0.2, 0.25) is 0 Å². The Labute approximate surface area is 109 Å². The molecule has 2 bridgehead atoms. The number of hydrogen-bond donors (Lipinski definition) is 0. The minimum absolute atomic E-state index is 0.459. The Morgan fingerprint density at radius 1 is 1.12 bits per heavy atom. The predicted molar refractivity (Wildman–Crippen MR) is 79.1 cm³/mol.